The van der Waals surface area contributed by atoms with Crippen LogP contribution >= 0.6 is 23.2 Å². The fourth-order valence-corrected chi connectivity index (χ4v) is 3.27. The molecule has 2 atom stereocenters. The minimum absolute atomic E-state index is 0.0396. The summed E-state index contributed by atoms with van der Waals surface area (Å²) in [4.78, 5) is 3.39. The highest BCUT2D eigenvalue weighted by atomic mass is 35.5. The van der Waals surface area contributed by atoms with Crippen LogP contribution in [0.15, 0.2) is 34.7 Å². The van der Waals surface area contributed by atoms with Crippen LogP contribution in [0, 0.1) is 13.5 Å². The zero-order valence-electron chi connectivity index (χ0n) is 15.1. The van der Waals surface area contributed by atoms with Gasteiger partial charge in [-0.15, -0.1) is 10.2 Å². The molecule has 3 rings (SSSR count). The van der Waals surface area contributed by atoms with Crippen LogP contribution in [0.1, 0.15) is 29.9 Å². The van der Waals surface area contributed by atoms with E-state index in [1.807, 2.05) is 13.0 Å². The lowest BCUT2D eigenvalue weighted by Crippen LogP contribution is -2.18. The van der Waals surface area contributed by atoms with Gasteiger partial charge in [0.05, 0.1) is 28.6 Å². The normalized spacial score (nSPS) is 13.1. The van der Waals surface area contributed by atoms with Crippen molar-refractivity contribution in [3.8, 4) is 17.2 Å². The van der Waals surface area contributed by atoms with Gasteiger partial charge in [-0.05, 0) is 49.6 Å². The van der Waals surface area contributed by atoms with Gasteiger partial charge in [0.25, 0.3) is 0 Å². The third kappa shape index (κ3) is 3.97. The first kappa shape index (κ1) is 20.2. The average Bonchev–Trinajstić information content (AvgIpc) is 3.14. The second-order valence-electron chi connectivity index (χ2n) is 6.46. The van der Waals surface area contributed by atoms with E-state index in [0.717, 1.165) is 11.1 Å². The highest BCUT2D eigenvalue weighted by Gasteiger charge is 2.26. The Morgan fingerprint density at radius 2 is 1.96 bits per heavy atom. The molecule has 0 radical (unpaired) electrons. The SMILES string of the molecule is [C-]#[N+]c1ccc(C[C@@H](c2nnc(-c3ccc(O)c(Cl)c3)o2)[C@@H](C)O)c(C)c1Cl. The predicted molar refractivity (Wildman–Crippen MR) is 107 cm³/mol. The number of hydrogen-bond acceptors (Lipinski definition) is 5. The van der Waals surface area contributed by atoms with Gasteiger partial charge in [-0.1, -0.05) is 35.3 Å². The molecule has 0 aliphatic carbocycles. The summed E-state index contributed by atoms with van der Waals surface area (Å²) < 4.78 is 5.77. The molecule has 0 amide bonds. The van der Waals surface area contributed by atoms with Crippen molar-refractivity contribution in [2.45, 2.75) is 32.3 Å². The van der Waals surface area contributed by atoms with E-state index in [0.29, 0.717) is 22.7 Å². The van der Waals surface area contributed by atoms with Gasteiger partial charge >= 0.3 is 0 Å². The van der Waals surface area contributed by atoms with E-state index in [-0.39, 0.29) is 22.6 Å². The fraction of sp³-hybridized carbons (Fsp3) is 0.250. The van der Waals surface area contributed by atoms with Crippen LogP contribution in [-0.4, -0.2) is 26.5 Å². The molecule has 0 unspecified atom stereocenters. The minimum Gasteiger partial charge on any atom is -0.506 e. The van der Waals surface area contributed by atoms with Crippen molar-refractivity contribution in [3.63, 3.8) is 0 Å². The summed E-state index contributed by atoms with van der Waals surface area (Å²) in [5.41, 5.74) is 2.62. The quantitative estimate of drug-likeness (QED) is 0.549. The van der Waals surface area contributed by atoms with E-state index in [9.17, 15) is 10.2 Å². The first-order chi connectivity index (χ1) is 13.3. The van der Waals surface area contributed by atoms with Crippen LogP contribution in [-0.2, 0) is 6.42 Å². The van der Waals surface area contributed by atoms with Gasteiger partial charge in [0.2, 0.25) is 17.5 Å². The van der Waals surface area contributed by atoms with E-state index in [1.54, 1.807) is 19.1 Å². The number of halogens is 2. The summed E-state index contributed by atoms with van der Waals surface area (Å²) in [5, 5.41) is 28.5. The van der Waals surface area contributed by atoms with Crippen molar-refractivity contribution in [1.29, 1.82) is 0 Å². The molecule has 6 nitrogen and oxygen atoms in total. The summed E-state index contributed by atoms with van der Waals surface area (Å²) in [5.74, 6) is 0.0178. The zero-order chi connectivity index (χ0) is 20.4. The number of aliphatic hydroxyl groups is 1. The molecule has 2 N–H and O–H groups in total. The fourth-order valence-electron chi connectivity index (χ4n) is 2.86. The van der Waals surface area contributed by atoms with Gasteiger partial charge in [-0.25, -0.2) is 4.85 Å². The number of phenols is 1. The Kier molecular flexibility index (Phi) is 5.90. The van der Waals surface area contributed by atoms with Gasteiger partial charge in [0.15, 0.2) is 0 Å². The summed E-state index contributed by atoms with van der Waals surface area (Å²) in [6.45, 7) is 10.6. The Balaban J connectivity index is 1.92. The Labute approximate surface area is 172 Å². The summed E-state index contributed by atoms with van der Waals surface area (Å²) in [7, 11) is 0. The second-order valence-corrected chi connectivity index (χ2v) is 7.24. The minimum atomic E-state index is -0.754. The van der Waals surface area contributed by atoms with Crippen molar-refractivity contribution in [3.05, 3.63) is 68.8 Å². The standard InChI is InChI=1S/C20H17Cl2N3O3/c1-10-12(4-6-16(23-3)18(10)22)8-14(11(2)26)20-25-24-19(28-20)13-5-7-17(27)15(21)9-13/h4-7,9,11,14,26-27H,8H2,1-2H3/t11-,14-/m1/s1. The zero-order valence-corrected chi connectivity index (χ0v) is 16.7. The van der Waals surface area contributed by atoms with Crippen LogP contribution < -0.4 is 0 Å². The largest absolute Gasteiger partial charge is 0.506 e. The van der Waals surface area contributed by atoms with Crippen LogP contribution in [0.4, 0.5) is 5.69 Å². The molecule has 0 bridgehead atoms. The number of rotatable bonds is 5. The average molecular weight is 418 g/mol. The molecule has 1 heterocycles. The van der Waals surface area contributed by atoms with Crippen LogP contribution in [0.3, 0.4) is 0 Å². The van der Waals surface area contributed by atoms with Crippen molar-refractivity contribution in [2.24, 2.45) is 0 Å². The van der Waals surface area contributed by atoms with E-state index < -0.39 is 12.0 Å². The highest BCUT2D eigenvalue weighted by molar-refractivity contribution is 6.34. The first-order valence-corrected chi connectivity index (χ1v) is 9.23. The molecule has 0 aliphatic rings. The highest BCUT2D eigenvalue weighted by Crippen LogP contribution is 2.35. The number of nitrogens with zero attached hydrogens (tertiary/aromatic N) is 3. The maximum Gasteiger partial charge on any atom is 0.247 e. The lowest BCUT2D eigenvalue weighted by molar-refractivity contribution is 0.148. The van der Waals surface area contributed by atoms with Gasteiger partial charge in [-0.3, -0.25) is 0 Å². The molecule has 0 saturated heterocycles. The molecule has 28 heavy (non-hydrogen) atoms. The molecule has 0 saturated carbocycles. The topological polar surface area (TPSA) is 83.7 Å². The van der Waals surface area contributed by atoms with Crippen molar-refractivity contribution >= 4 is 28.9 Å². The van der Waals surface area contributed by atoms with Crippen molar-refractivity contribution < 1.29 is 14.6 Å². The lowest BCUT2D eigenvalue weighted by Gasteiger charge is -2.18. The van der Waals surface area contributed by atoms with Gasteiger partial charge in [-0.2, -0.15) is 0 Å². The summed E-state index contributed by atoms with van der Waals surface area (Å²) in [6, 6.07) is 8.06. The number of aromatic hydroxyl groups is 1. The number of aliphatic hydroxyl groups excluding tert-OH is 1. The molecule has 0 spiro atoms. The molecule has 3 aromatic rings. The van der Waals surface area contributed by atoms with Crippen LogP contribution in [0.5, 0.6) is 5.75 Å². The number of benzene rings is 2. The Morgan fingerprint density at radius 1 is 1.21 bits per heavy atom. The second kappa shape index (κ2) is 8.19. The maximum absolute atomic E-state index is 10.3. The van der Waals surface area contributed by atoms with Crippen LogP contribution in [0.2, 0.25) is 10.0 Å². The summed E-state index contributed by atoms with van der Waals surface area (Å²) >= 11 is 12.2. The van der Waals surface area contributed by atoms with Gasteiger partial charge < -0.3 is 14.6 Å². The Morgan fingerprint density at radius 3 is 2.61 bits per heavy atom. The summed E-state index contributed by atoms with van der Waals surface area (Å²) in [6.07, 6.45) is -0.338. The van der Waals surface area contributed by atoms with E-state index >= 15 is 0 Å². The van der Waals surface area contributed by atoms with E-state index in [4.69, 9.17) is 34.2 Å². The van der Waals surface area contributed by atoms with Crippen molar-refractivity contribution in [1.82, 2.24) is 10.2 Å². The maximum atomic E-state index is 10.3. The monoisotopic (exact) mass is 417 g/mol. The lowest BCUT2D eigenvalue weighted by atomic mass is 9.92. The van der Waals surface area contributed by atoms with Gasteiger partial charge in [0.1, 0.15) is 5.75 Å². The Hall–Kier alpha value is -2.59. The molecule has 0 aliphatic heterocycles. The molecule has 1 aromatic heterocycles. The third-order valence-electron chi connectivity index (χ3n) is 4.57. The smallest absolute Gasteiger partial charge is 0.247 e. The van der Waals surface area contributed by atoms with E-state index in [2.05, 4.69) is 15.0 Å². The molecular formula is C20H17Cl2N3O3. The third-order valence-corrected chi connectivity index (χ3v) is 5.35. The molecular weight excluding hydrogens is 401 g/mol. The van der Waals surface area contributed by atoms with Gasteiger partial charge in [0, 0.05) is 5.56 Å². The molecule has 144 valence electrons. The number of phenolic OH excluding ortho intramolecular Hbond substituents is 1. The predicted octanol–water partition coefficient (Wildman–Crippen LogP) is 5.32. The van der Waals surface area contributed by atoms with E-state index in [1.165, 1.54) is 12.1 Å². The molecule has 8 heteroatoms. The van der Waals surface area contributed by atoms with Crippen molar-refractivity contribution in [2.75, 3.05) is 0 Å². The first-order valence-electron chi connectivity index (χ1n) is 8.47. The Bertz CT molecular complexity index is 1060. The van der Waals surface area contributed by atoms with Crippen LogP contribution in [0.25, 0.3) is 16.3 Å². The molecule has 2 aromatic carbocycles. The number of hydrogen-bond donors (Lipinski definition) is 2. The number of aromatic nitrogens is 2. The molecule has 0 fully saturated rings.